The predicted octanol–water partition coefficient (Wildman–Crippen LogP) is 3.50. The quantitative estimate of drug-likeness (QED) is 0.699. The molecule has 7 heteroatoms. The van der Waals surface area contributed by atoms with Crippen LogP contribution in [-0.2, 0) is 6.54 Å². The second-order valence-corrected chi connectivity index (χ2v) is 5.51. The van der Waals surface area contributed by atoms with Crippen LogP contribution >= 0.6 is 0 Å². The third-order valence-electron chi connectivity index (χ3n) is 3.47. The van der Waals surface area contributed by atoms with Crippen molar-refractivity contribution in [2.45, 2.75) is 20.4 Å². The van der Waals surface area contributed by atoms with Crippen molar-refractivity contribution < 1.29 is 18.8 Å². The van der Waals surface area contributed by atoms with Crippen LogP contribution in [0.2, 0.25) is 0 Å². The summed E-state index contributed by atoms with van der Waals surface area (Å²) in [7, 11) is 0. The van der Waals surface area contributed by atoms with Gasteiger partial charge in [-0.3, -0.25) is 4.79 Å². The second-order valence-electron chi connectivity index (χ2n) is 5.51. The standard InChI is InChI=1S/C19H19N3O4/c1-3-24-15-4-6-16(7-5-15)25-18-11-14(8-9-20-18)12-21-19(23)17-10-13(2)26-22-17/h4-11H,3,12H2,1-2H3,(H,21,23). The monoisotopic (exact) mass is 353 g/mol. The van der Waals surface area contributed by atoms with E-state index < -0.39 is 0 Å². The Hall–Kier alpha value is -3.35. The van der Waals surface area contributed by atoms with Gasteiger partial charge in [-0.25, -0.2) is 4.98 Å². The number of benzene rings is 1. The van der Waals surface area contributed by atoms with Crippen LogP contribution in [0.4, 0.5) is 0 Å². The molecule has 0 saturated heterocycles. The van der Waals surface area contributed by atoms with Crippen LogP contribution in [-0.4, -0.2) is 22.7 Å². The normalized spacial score (nSPS) is 10.4. The molecular formula is C19H19N3O4. The van der Waals surface area contributed by atoms with Crippen LogP contribution in [0.3, 0.4) is 0 Å². The number of carbonyl (C=O) groups excluding carboxylic acids is 1. The zero-order valence-corrected chi connectivity index (χ0v) is 14.6. The molecule has 2 heterocycles. The number of ether oxygens (including phenoxy) is 2. The Kier molecular flexibility index (Phi) is 5.48. The summed E-state index contributed by atoms with van der Waals surface area (Å²) in [5.74, 6) is 2.17. The first-order valence-electron chi connectivity index (χ1n) is 8.21. The van der Waals surface area contributed by atoms with Crippen LogP contribution in [0.25, 0.3) is 0 Å². The molecule has 7 nitrogen and oxygen atoms in total. The highest BCUT2D eigenvalue weighted by Crippen LogP contribution is 2.23. The van der Waals surface area contributed by atoms with Gasteiger partial charge in [0, 0.05) is 24.9 Å². The van der Waals surface area contributed by atoms with Crippen molar-refractivity contribution >= 4 is 5.91 Å². The minimum Gasteiger partial charge on any atom is -0.494 e. The molecule has 0 unspecified atom stereocenters. The Bertz CT molecular complexity index is 875. The van der Waals surface area contributed by atoms with E-state index in [9.17, 15) is 4.79 Å². The fourth-order valence-electron chi connectivity index (χ4n) is 2.25. The summed E-state index contributed by atoms with van der Waals surface area (Å²) in [6.07, 6.45) is 1.63. The zero-order chi connectivity index (χ0) is 18.4. The molecular weight excluding hydrogens is 334 g/mol. The lowest BCUT2D eigenvalue weighted by Gasteiger charge is -2.08. The topological polar surface area (TPSA) is 86.5 Å². The molecule has 1 aromatic carbocycles. The summed E-state index contributed by atoms with van der Waals surface area (Å²) in [6, 6.07) is 12.5. The molecule has 0 aliphatic heterocycles. The lowest BCUT2D eigenvalue weighted by molar-refractivity contribution is 0.0941. The van der Waals surface area contributed by atoms with Crippen molar-refractivity contribution in [3.8, 4) is 17.4 Å². The minimum atomic E-state index is -0.298. The Labute approximate surface area is 150 Å². The molecule has 0 fully saturated rings. The van der Waals surface area contributed by atoms with Crippen LogP contribution in [0.1, 0.15) is 28.7 Å². The van der Waals surface area contributed by atoms with Gasteiger partial charge in [0.25, 0.3) is 5.91 Å². The van der Waals surface area contributed by atoms with Gasteiger partial charge in [-0.15, -0.1) is 0 Å². The van der Waals surface area contributed by atoms with E-state index in [0.29, 0.717) is 30.5 Å². The van der Waals surface area contributed by atoms with Gasteiger partial charge in [-0.05, 0) is 49.7 Å². The Morgan fingerprint density at radius 2 is 1.92 bits per heavy atom. The lowest BCUT2D eigenvalue weighted by Crippen LogP contribution is -2.23. The molecule has 3 aromatic rings. The van der Waals surface area contributed by atoms with E-state index >= 15 is 0 Å². The van der Waals surface area contributed by atoms with Crippen molar-refractivity contribution in [1.29, 1.82) is 0 Å². The molecule has 0 aliphatic rings. The Balaban J connectivity index is 1.60. The van der Waals surface area contributed by atoms with Gasteiger partial charge in [0.05, 0.1) is 6.61 Å². The van der Waals surface area contributed by atoms with Gasteiger partial charge in [-0.1, -0.05) is 5.16 Å². The number of nitrogens with one attached hydrogen (secondary N) is 1. The van der Waals surface area contributed by atoms with E-state index in [4.69, 9.17) is 14.0 Å². The van der Waals surface area contributed by atoms with Gasteiger partial charge < -0.3 is 19.3 Å². The molecule has 0 spiro atoms. The Morgan fingerprint density at radius 1 is 1.15 bits per heavy atom. The van der Waals surface area contributed by atoms with E-state index in [2.05, 4.69) is 15.5 Å². The molecule has 0 radical (unpaired) electrons. The summed E-state index contributed by atoms with van der Waals surface area (Å²) in [5.41, 5.74) is 1.11. The highest BCUT2D eigenvalue weighted by Gasteiger charge is 2.10. The highest BCUT2D eigenvalue weighted by molar-refractivity contribution is 5.92. The first-order chi connectivity index (χ1) is 12.6. The van der Waals surface area contributed by atoms with Crippen LogP contribution in [0.5, 0.6) is 17.4 Å². The van der Waals surface area contributed by atoms with Gasteiger partial charge in [0.15, 0.2) is 5.69 Å². The molecule has 2 aromatic heterocycles. The smallest absolute Gasteiger partial charge is 0.273 e. The molecule has 0 saturated carbocycles. The molecule has 0 bridgehead atoms. The number of hydrogen-bond donors (Lipinski definition) is 1. The first kappa shape index (κ1) is 17.5. The number of pyridine rings is 1. The lowest BCUT2D eigenvalue weighted by atomic mass is 10.2. The van der Waals surface area contributed by atoms with E-state index in [0.717, 1.165) is 11.3 Å². The first-order valence-corrected chi connectivity index (χ1v) is 8.21. The summed E-state index contributed by atoms with van der Waals surface area (Å²) in [4.78, 5) is 16.2. The van der Waals surface area contributed by atoms with Crippen LogP contribution < -0.4 is 14.8 Å². The zero-order valence-electron chi connectivity index (χ0n) is 14.6. The number of nitrogens with zero attached hydrogens (tertiary/aromatic N) is 2. The molecule has 1 N–H and O–H groups in total. The van der Waals surface area contributed by atoms with Crippen molar-refractivity contribution in [3.63, 3.8) is 0 Å². The number of carbonyl (C=O) groups is 1. The fourth-order valence-corrected chi connectivity index (χ4v) is 2.25. The number of hydrogen-bond acceptors (Lipinski definition) is 6. The maximum absolute atomic E-state index is 12.0. The maximum atomic E-state index is 12.0. The molecule has 0 atom stereocenters. The maximum Gasteiger partial charge on any atom is 0.273 e. The van der Waals surface area contributed by atoms with Crippen LogP contribution in [0.15, 0.2) is 53.2 Å². The Morgan fingerprint density at radius 3 is 2.62 bits per heavy atom. The highest BCUT2D eigenvalue weighted by atomic mass is 16.5. The van der Waals surface area contributed by atoms with Crippen molar-refractivity contribution in [1.82, 2.24) is 15.5 Å². The van der Waals surface area contributed by atoms with E-state index in [1.54, 1.807) is 31.3 Å². The summed E-state index contributed by atoms with van der Waals surface area (Å²) < 4.78 is 16.0. The van der Waals surface area contributed by atoms with E-state index in [1.165, 1.54) is 0 Å². The van der Waals surface area contributed by atoms with Crippen molar-refractivity contribution in [2.24, 2.45) is 0 Å². The second kappa shape index (κ2) is 8.15. The van der Waals surface area contributed by atoms with Gasteiger partial charge in [-0.2, -0.15) is 0 Å². The van der Waals surface area contributed by atoms with E-state index in [1.807, 2.05) is 31.2 Å². The third kappa shape index (κ3) is 4.60. The molecule has 3 rings (SSSR count). The van der Waals surface area contributed by atoms with Gasteiger partial charge >= 0.3 is 0 Å². The molecule has 0 aliphatic carbocycles. The summed E-state index contributed by atoms with van der Waals surface area (Å²) in [6.45, 7) is 4.61. The van der Waals surface area contributed by atoms with Crippen LogP contribution in [0, 0.1) is 6.92 Å². The SMILES string of the molecule is CCOc1ccc(Oc2cc(CNC(=O)c3cc(C)on3)ccn2)cc1. The van der Waals surface area contributed by atoms with Gasteiger partial charge in [0.1, 0.15) is 17.3 Å². The third-order valence-corrected chi connectivity index (χ3v) is 3.47. The number of amides is 1. The molecule has 134 valence electrons. The summed E-state index contributed by atoms with van der Waals surface area (Å²) in [5, 5.41) is 6.47. The molecule has 1 amide bonds. The summed E-state index contributed by atoms with van der Waals surface area (Å²) >= 11 is 0. The van der Waals surface area contributed by atoms with Crippen molar-refractivity contribution in [3.05, 3.63) is 65.7 Å². The fraction of sp³-hybridized carbons (Fsp3) is 0.211. The molecule has 26 heavy (non-hydrogen) atoms. The van der Waals surface area contributed by atoms with Gasteiger partial charge in [0.2, 0.25) is 5.88 Å². The number of aryl methyl sites for hydroxylation is 1. The average molecular weight is 353 g/mol. The average Bonchev–Trinajstić information content (AvgIpc) is 3.08. The number of aromatic nitrogens is 2. The largest absolute Gasteiger partial charge is 0.494 e. The number of rotatable bonds is 7. The van der Waals surface area contributed by atoms with Crippen molar-refractivity contribution in [2.75, 3.05) is 6.61 Å². The van der Waals surface area contributed by atoms with E-state index in [-0.39, 0.29) is 11.6 Å². The predicted molar refractivity (Wildman–Crippen MR) is 94.3 cm³/mol. The minimum absolute atomic E-state index is 0.252.